The zero-order valence-electron chi connectivity index (χ0n) is 13.5. The van der Waals surface area contributed by atoms with Crippen LogP contribution in [0.3, 0.4) is 0 Å². The van der Waals surface area contributed by atoms with Gasteiger partial charge in [-0.15, -0.1) is 0 Å². The topological polar surface area (TPSA) is 63.6 Å². The first-order valence-electron chi connectivity index (χ1n) is 8.15. The minimum atomic E-state index is -0.0978. The van der Waals surface area contributed by atoms with Gasteiger partial charge in [0.25, 0.3) is 0 Å². The molecule has 1 aromatic heterocycles. The molecule has 2 N–H and O–H groups in total. The molecule has 2 aromatic rings. The predicted molar refractivity (Wildman–Crippen MR) is 89.1 cm³/mol. The molecule has 0 amide bonds. The predicted octanol–water partition coefficient (Wildman–Crippen LogP) is 2.82. The fourth-order valence-electron chi connectivity index (χ4n) is 4.14. The van der Waals surface area contributed by atoms with Crippen LogP contribution in [-0.2, 0) is 0 Å². The Kier molecular flexibility index (Phi) is 3.53. The number of pyridine rings is 1. The van der Waals surface area contributed by atoms with Gasteiger partial charge in [0.15, 0.2) is 11.5 Å². The first-order chi connectivity index (χ1) is 11.2. The number of nitrogens with one attached hydrogen (secondary N) is 1. The molecule has 0 saturated heterocycles. The summed E-state index contributed by atoms with van der Waals surface area (Å²) in [6.45, 7) is 0. The molecule has 5 nitrogen and oxygen atoms in total. The van der Waals surface area contributed by atoms with E-state index in [-0.39, 0.29) is 6.10 Å². The number of methoxy groups -OCH3 is 2. The summed E-state index contributed by atoms with van der Waals surface area (Å²) in [5.41, 5.74) is 0.885. The van der Waals surface area contributed by atoms with E-state index in [4.69, 9.17) is 14.5 Å². The number of nitrogens with zero attached hydrogens (tertiary/aromatic N) is 1. The van der Waals surface area contributed by atoms with Gasteiger partial charge in [-0.3, -0.25) is 0 Å². The van der Waals surface area contributed by atoms with E-state index in [2.05, 4.69) is 11.4 Å². The Balaban J connectivity index is 1.59. The molecule has 2 aliphatic carbocycles. The summed E-state index contributed by atoms with van der Waals surface area (Å²) in [5.74, 6) is 3.31. The average molecular weight is 314 g/mol. The molecule has 0 spiro atoms. The van der Waals surface area contributed by atoms with Crippen LogP contribution in [0.4, 0.5) is 5.82 Å². The van der Waals surface area contributed by atoms with E-state index in [1.807, 2.05) is 18.2 Å². The van der Waals surface area contributed by atoms with E-state index in [0.717, 1.165) is 36.0 Å². The quantitative estimate of drug-likeness (QED) is 0.908. The van der Waals surface area contributed by atoms with Crippen molar-refractivity contribution in [2.75, 3.05) is 19.5 Å². The molecular weight excluding hydrogens is 292 g/mol. The summed E-state index contributed by atoms with van der Waals surface area (Å²) in [5, 5.41) is 14.5. The minimum Gasteiger partial charge on any atom is -0.493 e. The van der Waals surface area contributed by atoms with Crippen LogP contribution in [-0.4, -0.2) is 36.5 Å². The number of hydrogen-bond acceptors (Lipinski definition) is 5. The normalized spacial score (nSPS) is 29.0. The zero-order valence-corrected chi connectivity index (χ0v) is 13.5. The lowest BCUT2D eigenvalue weighted by molar-refractivity contribution is 0.110. The first kappa shape index (κ1) is 14.6. The molecule has 2 fully saturated rings. The number of ether oxygens (including phenoxy) is 2. The molecule has 0 radical (unpaired) electrons. The van der Waals surface area contributed by atoms with Gasteiger partial charge in [-0.2, -0.15) is 0 Å². The average Bonchev–Trinajstić information content (AvgIpc) is 3.12. The third-order valence-corrected chi connectivity index (χ3v) is 5.35. The van der Waals surface area contributed by atoms with Gasteiger partial charge in [-0.25, -0.2) is 4.98 Å². The molecule has 122 valence electrons. The third-order valence-electron chi connectivity index (χ3n) is 5.35. The van der Waals surface area contributed by atoms with Gasteiger partial charge in [-0.05, 0) is 49.3 Å². The molecule has 23 heavy (non-hydrogen) atoms. The molecule has 0 aliphatic heterocycles. The van der Waals surface area contributed by atoms with Crippen LogP contribution in [0.2, 0.25) is 0 Å². The van der Waals surface area contributed by atoms with E-state index in [9.17, 15) is 5.11 Å². The number of fused-ring (bicyclic) bond motifs is 3. The minimum absolute atomic E-state index is 0.0978. The Bertz CT molecular complexity index is 732. The summed E-state index contributed by atoms with van der Waals surface area (Å²) < 4.78 is 10.7. The highest BCUT2D eigenvalue weighted by Gasteiger charge is 2.45. The summed E-state index contributed by atoms with van der Waals surface area (Å²) >= 11 is 0. The van der Waals surface area contributed by atoms with Crippen LogP contribution in [0.15, 0.2) is 24.3 Å². The Labute approximate surface area is 135 Å². The Morgan fingerprint density at radius 2 is 1.83 bits per heavy atom. The van der Waals surface area contributed by atoms with Crippen molar-refractivity contribution in [1.29, 1.82) is 0 Å². The Morgan fingerprint density at radius 1 is 1.04 bits per heavy atom. The van der Waals surface area contributed by atoms with Crippen LogP contribution < -0.4 is 14.8 Å². The SMILES string of the molecule is COc1cc2ccc(NC3CC4CC3CC4O)nc2cc1OC. The second-order valence-electron chi connectivity index (χ2n) is 6.64. The van der Waals surface area contributed by atoms with Crippen molar-refractivity contribution in [2.24, 2.45) is 11.8 Å². The maximum Gasteiger partial charge on any atom is 0.162 e. The number of aromatic nitrogens is 1. The van der Waals surface area contributed by atoms with Crippen LogP contribution >= 0.6 is 0 Å². The lowest BCUT2D eigenvalue weighted by atomic mass is 9.93. The van der Waals surface area contributed by atoms with Gasteiger partial charge >= 0.3 is 0 Å². The van der Waals surface area contributed by atoms with Crippen molar-refractivity contribution in [3.8, 4) is 11.5 Å². The third kappa shape index (κ3) is 2.49. The highest BCUT2D eigenvalue weighted by atomic mass is 16.5. The highest BCUT2D eigenvalue weighted by Crippen LogP contribution is 2.45. The second-order valence-corrected chi connectivity index (χ2v) is 6.64. The standard InChI is InChI=1S/C18H22N2O3/c1-22-16-8-10-3-4-18(20-14(10)9-17(16)23-2)19-13-6-12-5-11(13)7-15(12)21/h3-4,8-9,11-13,15,21H,5-7H2,1-2H3,(H,19,20). The van der Waals surface area contributed by atoms with Gasteiger partial charge in [0, 0.05) is 17.5 Å². The number of hydrogen-bond donors (Lipinski definition) is 2. The van der Waals surface area contributed by atoms with E-state index >= 15 is 0 Å². The molecule has 2 aliphatic rings. The fourth-order valence-corrected chi connectivity index (χ4v) is 4.14. The number of anilines is 1. The maximum atomic E-state index is 9.88. The largest absolute Gasteiger partial charge is 0.493 e. The summed E-state index contributed by atoms with van der Waals surface area (Å²) in [6.07, 6.45) is 3.00. The Morgan fingerprint density at radius 3 is 2.48 bits per heavy atom. The summed E-state index contributed by atoms with van der Waals surface area (Å²) in [7, 11) is 3.27. The van der Waals surface area contributed by atoms with Crippen molar-refractivity contribution >= 4 is 16.7 Å². The van der Waals surface area contributed by atoms with Crippen molar-refractivity contribution in [1.82, 2.24) is 4.98 Å². The van der Waals surface area contributed by atoms with E-state index < -0.39 is 0 Å². The lowest BCUT2D eigenvalue weighted by Gasteiger charge is -2.26. The van der Waals surface area contributed by atoms with E-state index in [1.54, 1.807) is 14.2 Å². The number of rotatable bonds is 4. The number of aliphatic hydroxyl groups excluding tert-OH is 1. The molecule has 2 saturated carbocycles. The van der Waals surface area contributed by atoms with Crippen LogP contribution in [0.5, 0.6) is 11.5 Å². The first-order valence-corrected chi connectivity index (χ1v) is 8.15. The summed E-state index contributed by atoms with van der Waals surface area (Å²) in [4.78, 5) is 4.72. The van der Waals surface area contributed by atoms with Crippen LogP contribution in [0.1, 0.15) is 19.3 Å². The lowest BCUT2D eigenvalue weighted by Crippen LogP contribution is -2.31. The number of aliphatic hydroxyl groups is 1. The van der Waals surface area contributed by atoms with Crippen LogP contribution in [0, 0.1) is 11.8 Å². The van der Waals surface area contributed by atoms with Gasteiger partial charge in [0.05, 0.1) is 25.8 Å². The molecule has 1 aromatic carbocycles. The molecule has 5 heteroatoms. The van der Waals surface area contributed by atoms with Crippen molar-refractivity contribution in [3.63, 3.8) is 0 Å². The zero-order chi connectivity index (χ0) is 16.0. The molecule has 1 heterocycles. The van der Waals surface area contributed by atoms with Crippen LogP contribution in [0.25, 0.3) is 10.9 Å². The molecular formula is C18H22N2O3. The smallest absolute Gasteiger partial charge is 0.162 e. The molecule has 4 atom stereocenters. The molecule has 4 rings (SSSR count). The van der Waals surface area contributed by atoms with Gasteiger partial charge in [-0.1, -0.05) is 0 Å². The second kappa shape index (κ2) is 5.57. The highest BCUT2D eigenvalue weighted by molar-refractivity contribution is 5.84. The van der Waals surface area contributed by atoms with Gasteiger partial charge < -0.3 is 19.9 Å². The maximum absolute atomic E-state index is 9.88. The summed E-state index contributed by atoms with van der Waals surface area (Å²) in [6, 6.07) is 8.34. The fraction of sp³-hybridized carbons (Fsp3) is 0.500. The number of benzene rings is 1. The van der Waals surface area contributed by atoms with Gasteiger partial charge in [0.1, 0.15) is 5.82 Å². The van der Waals surface area contributed by atoms with Gasteiger partial charge in [0.2, 0.25) is 0 Å². The van der Waals surface area contributed by atoms with Crippen molar-refractivity contribution in [3.05, 3.63) is 24.3 Å². The van der Waals surface area contributed by atoms with E-state index in [0.29, 0.717) is 29.4 Å². The van der Waals surface area contributed by atoms with E-state index in [1.165, 1.54) is 0 Å². The Hall–Kier alpha value is -2.01. The molecule has 4 unspecified atom stereocenters. The van der Waals surface area contributed by atoms with Crippen molar-refractivity contribution < 1.29 is 14.6 Å². The monoisotopic (exact) mass is 314 g/mol. The van der Waals surface area contributed by atoms with Crippen molar-refractivity contribution in [2.45, 2.75) is 31.4 Å². The molecule has 2 bridgehead atoms.